The van der Waals surface area contributed by atoms with Gasteiger partial charge in [-0.05, 0) is 36.6 Å². The van der Waals surface area contributed by atoms with Gasteiger partial charge in [-0.2, -0.15) is 0 Å². The number of hydrogen-bond acceptors (Lipinski definition) is 6. The number of anilines is 1. The lowest BCUT2D eigenvalue weighted by Gasteiger charge is -2.31. The average molecular weight is 454 g/mol. The van der Waals surface area contributed by atoms with Crippen molar-refractivity contribution in [3.8, 4) is 11.3 Å². The maximum atomic E-state index is 13.3. The second-order valence-electron chi connectivity index (χ2n) is 8.40. The minimum atomic E-state index is 0.0366. The molecule has 3 aromatic rings. The van der Waals surface area contributed by atoms with E-state index < -0.39 is 0 Å². The highest BCUT2D eigenvalue weighted by Crippen LogP contribution is 2.35. The van der Waals surface area contributed by atoms with Crippen LogP contribution < -0.4 is 4.90 Å². The third kappa shape index (κ3) is 5.22. The highest BCUT2D eigenvalue weighted by molar-refractivity contribution is 7.12. The number of thiophene rings is 1. The predicted octanol–water partition coefficient (Wildman–Crippen LogP) is 5.32. The second-order valence-corrected chi connectivity index (χ2v) is 9.35. The Balaban J connectivity index is 1.67. The SMILES string of the molecule is COCCCN(Cc1c(-c2ccccc2)noc1N1CCC(C)CC1)C(=O)c1cccs1. The molecule has 0 saturated carbocycles. The van der Waals surface area contributed by atoms with Gasteiger partial charge in [0, 0.05) is 38.9 Å². The molecule has 0 atom stereocenters. The molecule has 0 bridgehead atoms. The summed E-state index contributed by atoms with van der Waals surface area (Å²) in [4.78, 5) is 18.3. The lowest BCUT2D eigenvalue weighted by atomic mass is 9.98. The summed E-state index contributed by atoms with van der Waals surface area (Å²) in [6.45, 7) is 5.86. The average Bonchev–Trinajstić information content (AvgIpc) is 3.50. The summed E-state index contributed by atoms with van der Waals surface area (Å²) in [6, 6.07) is 13.9. The predicted molar refractivity (Wildman–Crippen MR) is 128 cm³/mol. The summed E-state index contributed by atoms with van der Waals surface area (Å²) in [5.41, 5.74) is 2.80. The van der Waals surface area contributed by atoms with Crippen LogP contribution in [0.2, 0.25) is 0 Å². The van der Waals surface area contributed by atoms with Crippen LogP contribution in [0.3, 0.4) is 0 Å². The van der Waals surface area contributed by atoms with Crippen LogP contribution in [-0.4, -0.2) is 49.3 Å². The van der Waals surface area contributed by atoms with E-state index in [9.17, 15) is 4.79 Å². The largest absolute Gasteiger partial charge is 0.385 e. The Hall–Kier alpha value is -2.64. The Morgan fingerprint density at radius 3 is 2.69 bits per heavy atom. The van der Waals surface area contributed by atoms with E-state index in [-0.39, 0.29) is 5.91 Å². The van der Waals surface area contributed by atoms with E-state index in [1.165, 1.54) is 11.3 Å². The summed E-state index contributed by atoms with van der Waals surface area (Å²) < 4.78 is 11.2. The first-order valence-electron chi connectivity index (χ1n) is 11.3. The molecule has 0 radical (unpaired) electrons. The Morgan fingerprint density at radius 1 is 1.22 bits per heavy atom. The molecule has 1 aliphatic heterocycles. The normalized spacial score (nSPS) is 14.6. The molecule has 1 aliphatic rings. The summed E-state index contributed by atoms with van der Waals surface area (Å²) in [7, 11) is 1.69. The third-order valence-corrected chi connectivity index (χ3v) is 6.89. The molecule has 0 unspecified atom stereocenters. The van der Waals surface area contributed by atoms with Gasteiger partial charge in [0.15, 0.2) is 0 Å². The molecule has 0 N–H and O–H groups in total. The van der Waals surface area contributed by atoms with Crippen LogP contribution in [0.15, 0.2) is 52.4 Å². The minimum absolute atomic E-state index is 0.0366. The van der Waals surface area contributed by atoms with Gasteiger partial charge in [-0.25, -0.2) is 0 Å². The maximum absolute atomic E-state index is 13.3. The first-order chi connectivity index (χ1) is 15.7. The van der Waals surface area contributed by atoms with Crippen molar-refractivity contribution in [2.24, 2.45) is 5.92 Å². The van der Waals surface area contributed by atoms with E-state index in [0.29, 0.717) is 19.7 Å². The molecule has 7 heteroatoms. The van der Waals surface area contributed by atoms with Gasteiger partial charge in [0.05, 0.1) is 17.0 Å². The van der Waals surface area contributed by atoms with Gasteiger partial charge in [-0.15, -0.1) is 11.3 Å². The molecule has 1 fully saturated rings. The topological polar surface area (TPSA) is 58.8 Å². The van der Waals surface area contributed by atoms with Crippen molar-refractivity contribution in [1.29, 1.82) is 0 Å². The van der Waals surface area contributed by atoms with Gasteiger partial charge in [0.2, 0.25) is 5.88 Å². The molecule has 0 spiro atoms. The van der Waals surface area contributed by atoms with Gasteiger partial charge >= 0.3 is 0 Å². The fourth-order valence-electron chi connectivity index (χ4n) is 4.13. The Morgan fingerprint density at radius 2 is 2.00 bits per heavy atom. The minimum Gasteiger partial charge on any atom is -0.385 e. The van der Waals surface area contributed by atoms with Crippen molar-refractivity contribution >= 4 is 23.1 Å². The quantitative estimate of drug-likeness (QED) is 0.411. The van der Waals surface area contributed by atoms with Crippen LogP contribution in [0.1, 0.15) is 41.4 Å². The second kappa shape index (κ2) is 10.8. The third-order valence-electron chi connectivity index (χ3n) is 6.03. The summed E-state index contributed by atoms with van der Waals surface area (Å²) in [5, 5.41) is 6.42. The fourth-order valence-corrected chi connectivity index (χ4v) is 4.82. The highest BCUT2D eigenvalue weighted by atomic mass is 32.1. The molecular formula is C25H31N3O3S. The van der Waals surface area contributed by atoms with Crippen molar-refractivity contribution in [2.75, 3.05) is 38.3 Å². The molecule has 4 rings (SSSR count). The first-order valence-corrected chi connectivity index (χ1v) is 12.2. The van der Waals surface area contributed by atoms with Gasteiger partial charge in [-0.3, -0.25) is 4.79 Å². The van der Waals surface area contributed by atoms with E-state index in [0.717, 1.165) is 65.9 Å². The number of amides is 1. The molecule has 3 heterocycles. The number of benzene rings is 1. The molecule has 1 amide bonds. The summed E-state index contributed by atoms with van der Waals surface area (Å²) in [5.74, 6) is 1.55. The lowest BCUT2D eigenvalue weighted by molar-refractivity contribution is 0.0729. The maximum Gasteiger partial charge on any atom is 0.264 e. The number of rotatable bonds is 9. The van der Waals surface area contributed by atoms with E-state index in [1.807, 2.05) is 52.7 Å². The molecule has 32 heavy (non-hydrogen) atoms. The zero-order chi connectivity index (χ0) is 22.3. The van der Waals surface area contributed by atoms with Crippen molar-refractivity contribution in [3.63, 3.8) is 0 Å². The number of carbonyl (C=O) groups is 1. The van der Waals surface area contributed by atoms with Gasteiger partial charge < -0.3 is 19.1 Å². The standard InChI is InChI=1S/C25H31N3O3S/c1-19-11-14-27(15-12-19)25-21(23(26-31-25)20-8-4-3-5-9-20)18-28(13-7-16-30-2)24(29)22-10-6-17-32-22/h3-6,8-10,17,19H,7,11-16,18H2,1-2H3. The van der Waals surface area contributed by atoms with E-state index in [4.69, 9.17) is 9.26 Å². The lowest BCUT2D eigenvalue weighted by Crippen LogP contribution is -2.35. The summed E-state index contributed by atoms with van der Waals surface area (Å²) in [6.07, 6.45) is 3.04. The number of nitrogens with zero attached hydrogens (tertiary/aromatic N) is 3. The van der Waals surface area contributed by atoms with Crippen molar-refractivity contribution in [1.82, 2.24) is 10.1 Å². The smallest absolute Gasteiger partial charge is 0.264 e. The van der Waals surface area contributed by atoms with Crippen LogP contribution in [0, 0.1) is 5.92 Å². The number of hydrogen-bond donors (Lipinski definition) is 0. The number of ether oxygens (including phenoxy) is 1. The van der Waals surface area contributed by atoms with Crippen LogP contribution >= 0.6 is 11.3 Å². The van der Waals surface area contributed by atoms with E-state index in [2.05, 4.69) is 17.0 Å². The molecule has 6 nitrogen and oxygen atoms in total. The van der Waals surface area contributed by atoms with E-state index in [1.54, 1.807) is 7.11 Å². The fraction of sp³-hybridized carbons (Fsp3) is 0.440. The van der Waals surface area contributed by atoms with Gasteiger partial charge in [0.25, 0.3) is 5.91 Å². The molecule has 1 saturated heterocycles. The van der Waals surface area contributed by atoms with Crippen LogP contribution in [0.5, 0.6) is 0 Å². The van der Waals surface area contributed by atoms with Gasteiger partial charge in [-0.1, -0.05) is 48.5 Å². The zero-order valence-electron chi connectivity index (χ0n) is 18.8. The monoisotopic (exact) mass is 453 g/mol. The zero-order valence-corrected chi connectivity index (χ0v) is 19.6. The Labute approximate surface area is 193 Å². The van der Waals surface area contributed by atoms with E-state index >= 15 is 0 Å². The Bertz CT molecular complexity index is 979. The molecular weight excluding hydrogens is 422 g/mol. The molecule has 0 aliphatic carbocycles. The van der Waals surface area contributed by atoms with Crippen molar-refractivity contribution in [3.05, 3.63) is 58.3 Å². The van der Waals surface area contributed by atoms with Crippen molar-refractivity contribution in [2.45, 2.75) is 32.7 Å². The van der Waals surface area contributed by atoms with Crippen LogP contribution in [-0.2, 0) is 11.3 Å². The number of aromatic nitrogens is 1. The summed E-state index contributed by atoms with van der Waals surface area (Å²) >= 11 is 1.47. The van der Waals surface area contributed by atoms with Crippen LogP contribution in [0.25, 0.3) is 11.3 Å². The Kier molecular flexibility index (Phi) is 7.60. The number of piperidine rings is 1. The van der Waals surface area contributed by atoms with Crippen molar-refractivity contribution < 1.29 is 14.1 Å². The highest BCUT2D eigenvalue weighted by Gasteiger charge is 2.28. The molecule has 170 valence electrons. The first kappa shape index (κ1) is 22.6. The molecule has 2 aromatic heterocycles. The number of carbonyl (C=O) groups excluding carboxylic acids is 1. The van der Waals surface area contributed by atoms with Gasteiger partial charge in [0.1, 0.15) is 5.69 Å². The number of methoxy groups -OCH3 is 1. The van der Waals surface area contributed by atoms with Crippen LogP contribution in [0.4, 0.5) is 5.88 Å². The molecule has 1 aromatic carbocycles.